The molecule has 26 heavy (non-hydrogen) atoms. The third-order valence-corrected chi connectivity index (χ3v) is 4.60. The zero-order chi connectivity index (χ0) is 17.6. The summed E-state index contributed by atoms with van der Waals surface area (Å²) >= 11 is 0. The lowest BCUT2D eigenvalue weighted by Gasteiger charge is -2.27. The summed E-state index contributed by atoms with van der Waals surface area (Å²) in [6, 6.07) is 20.5. The fraction of sp³-hybridized carbons (Fsp3) is 0.286. The Bertz CT molecular complexity index is 826. The number of nitrogens with one attached hydrogen (secondary N) is 1. The number of rotatable bonds is 6. The van der Waals surface area contributed by atoms with Crippen LogP contribution in [0.25, 0.3) is 11.3 Å². The van der Waals surface area contributed by atoms with E-state index in [1.54, 1.807) is 0 Å². The molecule has 3 aromatic rings. The van der Waals surface area contributed by atoms with Gasteiger partial charge in [0.05, 0.1) is 19.8 Å². The second kappa shape index (κ2) is 8.17. The first-order valence-electron chi connectivity index (χ1n) is 9.01. The predicted octanol–water partition coefficient (Wildman–Crippen LogP) is 3.79. The maximum atomic E-state index is 5.49. The number of ether oxygens (including phenoxy) is 1. The molecular weight excluding hydrogens is 326 g/mol. The second-order valence-corrected chi connectivity index (χ2v) is 6.44. The number of anilines is 1. The van der Waals surface area contributed by atoms with Crippen LogP contribution in [0, 0.1) is 0 Å². The summed E-state index contributed by atoms with van der Waals surface area (Å²) in [7, 11) is 0. The lowest BCUT2D eigenvalue weighted by Crippen LogP contribution is -2.35. The Morgan fingerprint density at radius 3 is 2.58 bits per heavy atom. The van der Waals surface area contributed by atoms with Crippen molar-refractivity contribution in [3.05, 3.63) is 72.0 Å². The average Bonchev–Trinajstić information content (AvgIpc) is 3.18. The minimum atomic E-state index is 0.611. The van der Waals surface area contributed by atoms with Crippen molar-refractivity contribution in [3.63, 3.8) is 0 Å². The fourth-order valence-corrected chi connectivity index (χ4v) is 3.15. The molecule has 5 nitrogen and oxygen atoms in total. The Hall–Kier alpha value is -2.63. The molecule has 1 saturated heterocycles. The van der Waals surface area contributed by atoms with Crippen LogP contribution in [0.1, 0.15) is 11.3 Å². The van der Waals surface area contributed by atoms with Crippen LogP contribution in [0.5, 0.6) is 0 Å². The molecule has 4 rings (SSSR count). The van der Waals surface area contributed by atoms with E-state index in [-0.39, 0.29) is 0 Å². The Morgan fingerprint density at radius 1 is 0.962 bits per heavy atom. The molecule has 134 valence electrons. The van der Waals surface area contributed by atoms with Gasteiger partial charge in [-0.1, -0.05) is 53.7 Å². The minimum Gasteiger partial charge on any atom is -0.379 e. The van der Waals surface area contributed by atoms with Crippen LogP contribution in [0.3, 0.4) is 0 Å². The normalized spacial score (nSPS) is 15.1. The van der Waals surface area contributed by atoms with Crippen molar-refractivity contribution in [2.24, 2.45) is 0 Å². The molecule has 5 heteroatoms. The van der Waals surface area contributed by atoms with Gasteiger partial charge >= 0.3 is 0 Å². The van der Waals surface area contributed by atoms with Crippen LogP contribution in [-0.4, -0.2) is 36.4 Å². The van der Waals surface area contributed by atoms with E-state index >= 15 is 0 Å². The number of aromatic nitrogens is 1. The molecule has 0 amide bonds. The smallest absolute Gasteiger partial charge is 0.156 e. The van der Waals surface area contributed by atoms with E-state index in [2.05, 4.69) is 39.6 Å². The maximum Gasteiger partial charge on any atom is 0.156 e. The highest BCUT2D eigenvalue weighted by Crippen LogP contribution is 2.21. The molecule has 1 fully saturated rings. The molecule has 0 bridgehead atoms. The molecule has 1 aliphatic heterocycles. The molecule has 0 unspecified atom stereocenters. The molecule has 1 N–H and O–H groups in total. The largest absolute Gasteiger partial charge is 0.379 e. The van der Waals surface area contributed by atoms with Crippen molar-refractivity contribution in [2.75, 3.05) is 31.6 Å². The van der Waals surface area contributed by atoms with Crippen molar-refractivity contribution in [2.45, 2.75) is 13.1 Å². The molecule has 0 atom stereocenters. The summed E-state index contributed by atoms with van der Waals surface area (Å²) in [6.45, 7) is 5.14. The quantitative estimate of drug-likeness (QED) is 0.734. The first-order valence-corrected chi connectivity index (χ1v) is 9.01. The van der Waals surface area contributed by atoms with Gasteiger partial charge in [-0.3, -0.25) is 4.90 Å². The van der Waals surface area contributed by atoms with E-state index in [4.69, 9.17) is 9.26 Å². The van der Waals surface area contributed by atoms with Crippen LogP contribution in [0.4, 0.5) is 5.69 Å². The summed E-state index contributed by atoms with van der Waals surface area (Å²) in [5.41, 5.74) is 4.35. The predicted molar refractivity (Wildman–Crippen MR) is 102 cm³/mol. The van der Waals surface area contributed by atoms with Crippen molar-refractivity contribution < 1.29 is 9.26 Å². The zero-order valence-electron chi connectivity index (χ0n) is 14.7. The number of hydrogen-bond donors (Lipinski definition) is 1. The van der Waals surface area contributed by atoms with Gasteiger partial charge in [-0.05, 0) is 11.6 Å². The lowest BCUT2D eigenvalue weighted by atomic mass is 10.1. The SMILES string of the molecule is c1ccc(-c2cc(CNc3ccccc3CN3CCOCC3)on2)cc1. The van der Waals surface area contributed by atoms with Crippen LogP contribution < -0.4 is 5.32 Å². The van der Waals surface area contributed by atoms with Crippen LogP contribution in [0.15, 0.2) is 65.2 Å². The van der Waals surface area contributed by atoms with Crippen molar-refractivity contribution >= 4 is 5.69 Å². The number of nitrogens with zero attached hydrogens (tertiary/aromatic N) is 2. The number of hydrogen-bond acceptors (Lipinski definition) is 5. The highest BCUT2D eigenvalue weighted by molar-refractivity contribution is 5.58. The van der Waals surface area contributed by atoms with E-state index in [9.17, 15) is 0 Å². The fourth-order valence-electron chi connectivity index (χ4n) is 3.15. The van der Waals surface area contributed by atoms with Crippen molar-refractivity contribution in [1.29, 1.82) is 0 Å². The molecule has 2 heterocycles. The number of morpholine rings is 1. The minimum absolute atomic E-state index is 0.611. The summed E-state index contributed by atoms with van der Waals surface area (Å²) in [4.78, 5) is 2.42. The molecule has 0 saturated carbocycles. The molecule has 0 aliphatic carbocycles. The highest BCUT2D eigenvalue weighted by atomic mass is 16.5. The molecule has 2 aromatic carbocycles. The van der Waals surface area contributed by atoms with E-state index in [0.29, 0.717) is 6.54 Å². The Balaban J connectivity index is 1.41. The lowest BCUT2D eigenvalue weighted by molar-refractivity contribution is 0.0342. The summed E-state index contributed by atoms with van der Waals surface area (Å²) in [5.74, 6) is 0.824. The van der Waals surface area contributed by atoms with E-state index < -0.39 is 0 Å². The first kappa shape index (κ1) is 16.8. The molecule has 0 spiro atoms. The summed E-state index contributed by atoms with van der Waals surface area (Å²) in [6.07, 6.45) is 0. The van der Waals surface area contributed by atoms with Gasteiger partial charge in [0, 0.05) is 37.0 Å². The van der Waals surface area contributed by atoms with E-state index in [0.717, 1.165) is 55.6 Å². The summed E-state index contributed by atoms with van der Waals surface area (Å²) in [5, 5.41) is 7.67. The van der Waals surface area contributed by atoms with Crippen LogP contribution >= 0.6 is 0 Å². The van der Waals surface area contributed by atoms with Crippen LogP contribution in [-0.2, 0) is 17.8 Å². The summed E-state index contributed by atoms with van der Waals surface area (Å²) < 4.78 is 10.9. The third kappa shape index (κ3) is 4.12. The molecular formula is C21H23N3O2. The average molecular weight is 349 g/mol. The zero-order valence-corrected chi connectivity index (χ0v) is 14.7. The van der Waals surface area contributed by atoms with E-state index in [1.165, 1.54) is 5.56 Å². The van der Waals surface area contributed by atoms with Crippen molar-refractivity contribution in [3.8, 4) is 11.3 Å². The number of para-hydroxylation sites is 1. The molecule has 0 radical (unpaired) electrons. The van der Waals surface area contributed by atoms with Gasteiger partial charge in [0.1, 0.15) is 5.69 Å². The maximum absolute atomic E-state index is 5.49. The van der Waals surface area contributed by atoms with Gasteiger partial charge in [0.25, 0.3) is 0 Å². The van der Waals surface area contributed by atoms with Gasteiger partial charge in [-0.25, -0.2) is 0 Å². The van der Waals surface area contributed by atoms with Gasteiger partial charge < -0.3 is 14.6 Å². The van der Waals surface area contributed by atoms with E-state index in [1.807, 2.05) is 36.4 Å². The monoisotopic (exact) mass is 349 g/mol. The van der Waals surface area contributed by atoms with Crippen molar-refractivity contribution in [1.82, 2.24) is 10.1 Å². The third-order valence-electron chi connectivity index (χ3n) is 4.60. The Kier molecular flexibility index (Phi) is 5.28. The Labute approximate surface area is 153 Å². The molecule has 1 aliphatic rings. The molecule has 1 aromatic heterocycles. The Morgan fingerprint density at radius 2 is 1.73 bits per heavy atom. The van der Waals surface area contributed by atoms with Gasteiger partial charge in [0.15, 0.2) is 5.76 Å². The van der Waals surface area contributed by atoms with Gasteiger partial charge in [0.2, 0.25) is 0 Å². The van der Waals surface area contributed by atoms with Gasteiger partial charge in [-0.15, -0.1) is 0 Å². The van der Waals surface area contributed by atoms with Crippen LogP contribution in [0.2, 0.25) is 0 Å². The first-order chi connectivity index (χ1) is 12.9. The number of benzene rings is 2. The highest BCUT2D eigenvalue weighted by Gasteiger charge is 2.13. The van der Waals surface area contributed by atoms with Gasteiger partial charge in [-0.2, -0.15) is 0 Å². The standard InChI is InChI=1S/C21H23N3O2/c1-2-6-17(7-3-1)21-14-19(26-23-21)15-22-20-9-5-4-8-18(20)16-24-10-12-25-13-11-24/h1-9,14,22H,10-13,15-16H2. The topological polar surface area (TPSA) is 50.5 Å². The second-order valence-electron chi connectivity index (χ2n) is 6.44.